The van der Waals surface area contributed by atoms with E-state index < -0.39 is 0 Å². The van der Waals surface area contributed by atoms with E-state index in [0.29, 0.717) is 5.92 Å². The van der Waals surface area contributed by atoms with E-state index in [1.165, 1.54) is 17.7 Å². The largest absolute Gasteiger partial charge is 0.310 e. The number of hydrogen-bond donors (Lipinski definition) is 0. The van der Waals surface area contributed by atoms with Crippen LogP contribution in [-0.4, -0.2) is 9.55 Å². The highest BCUT2D eigenvalue weighted by Gasteiger charge is 2.16. The van der Waals surface area contributed by atoms with Crippen molar-refractivity contribution in [2.75, 3.05) is 0 Å². The van der Waals surface area contributed by atoms with Crippen LogP contribution < -0.4 is 0 Å². The number of benzene rings is 1. The molecule has 1 unspecified atom stereocenters. The average molecular weight is 224 g/mol. The highest BCUT2D eigenvalue weighted by molar-refractivity contribution is 5.47. The minimum atomic E-state index is 0.684. The average Bonchev–Trinajstić information content (AvgIpc) is 2.94. The van der Waals surface area contributed by atoms with Gasteiger partial charge in [0.25, 0.3) is 0 Å². The molecular formula is C15H16N2. The molecule has 0 saturated heterocycles. The molecule has 2 nitrogen and oxygen atoms in total. The number of hydrogen-bond acceptors (Lipinski definition) is 1. The fourth-order valence-electron chi connectivity index (χ4n) is 2.51. The van der Waals surface area contributed by atoms with Crippen LogP contribution in [-0.2, 0) is 0 Å². The molecule has 1 aromatic carbocycles. The predicted octanol–water partition coefficient (Wildman–Crippen LogP) is 3.69. The minimum Gasteiger partial charge on any atom is -0.310 e. The molecule has 0 radical (unpaired) electrons. The van der Waals surface area contributed by atoms with Gasteiger partial charge in [0.2, 0.25) is 0 Å². The zero-order valence-electron chi connectivity index (χ0n) is 9.79. The first-order valence-corrected chi connectivity index (χ1v) is 6.16. The van der Waals surface area contributed by atoms with Gasteiger partial charge in [-0.2, -0.15) is 0 Å². The molecular weight excluding hydrogens is 208 g/mol. The molecule has 17 heavy (non-hydrogen) atoms. The molecule has 1 aromatic heterocycles. The van der Waals surface area contributed by atoms with Crippen molar-refractivity contribution in [3.63, 3.8) is 0 Å². The Bertz CT molecular complexity index is 497. The molecule has 3 rings (SSSR count). The van der Waals surface area contributed by atoms with Crippen LogP contribution in [0, 0.1) is 0 Å². The summed E-state index contributed by atoms with van der Waals surface area (Å²) in [4.78, 5) is 4.10. The molecule has 0 spiro atoms. The van der Waals surface area contributed by atoms with Gasteiger partial charge in [-0.05, 0) is 30.7 Å². The summed E-state index contributed by atoms with van der Waals surface area (Å²) in [6.07, 6.45) is 11.6. The molecule has 1 aliphatic rings. The van der Waals surface area contributed by atoms with Crippen LogP contribution >= 0.6 is 0 Å². The van der Waals surface area contributed by atoms with Crippen LogP contribution in [0.4, 0.5) is 0 Å². The van der Waals surface area contributed by atoms with Crippen molar-refractivity contribution in [1.82, 2.24) is 9.55 Å². The highest BCUT2D eigenvalue weighted by atomic mass is 15.0. The molecule has 0 amide bonds. The second kappa shape index (κ2) is 4.58. The van der Waals surface area contributed by atoms with Gasteiger partial charge in [-0.3, -0.25) is 0 Å². The van der Waals surface area contributed by atoms with Crippen molar-refractivity contribution in [2.45, 2.75) is 25.2 Å². The van der Waals surface area contributed by atoms with Gasteiger partial charge < -0.3 is 4.57 Å². The minimum absolute atomic E-state index is 0.684. The Balaban J connectivity index is 1.76. The standard InChI is InChI=1S/C15H16N2/c1-2-4-13(5-3-1)14-6-8-15(9-7-14)17-11-10-16-12-17/h1-5,8,10-12,14H,6-7,9H2. The van der Waals surface area contributed by atoms with Crippen molar-refractivity contribution in [2.24, 2.45) is 0 Å². The third kappa shape index (κ3) is 2.16. The van der Waals surface area contributed by atoms with Gasteiger partial charge in [-0.15, -0.1) is 0 Å². The van der Waals surface area contributed by atoms with E-state index in [9.17, 15) is 0 Å². The van der Waals surface area contributed by atoms with Crippen molar-refractivity contribution in [1.29, 1.82) is 0 Å². The van der Waals surface area contributed by atoms with Gasteiger partial charge in [0.05, 0.1) is 6.33 Å². The Hall–Kier alpha value is -1.83. The van der Waals surface area contributed by atoms with Gasteiger partial charge in [-0.25, -0.2) is 4.98 Å². The van der Waals surface area contributed by atoms with E-state index in [-0.39, 0.29) is 0 Å². The number of allylic oxidation sites excluding steroid dienone is 2. The molecule has 0 N–H and O–H groups in total. The Kier molecular flexibility index (Phi) is 2.78. The highest BCUT2D eigenvalue weighted by Crippen LogP contribution is 2.33. The lowest BCUT2D eigenvalue weighted by molar-refractivity contribution is 0.613. The summed E-state index contributed by atoms with van der Waals surface area (Å²) in [6.45, 7) is 0. The smallest absolute Gasteiger partial charge is 0.0989 e. The number of nitrogens with zero attached hydrogens (tertiary/aromatic N) is 2. The first kappa shape index (κ1) is 10.3. The molecule has 86 valence electrons. The first-order chi connectivity index (χ1) is 8.43. The Morgan fingerprint density at radius 2 is 2.06 bits per heavy atom. The maximum atomic E-state index is 4.10. The van der Waals surface area contributed by atoms with Crippen LogP contribution in [0.25, 0.3) is 5.70 Å². The summed E-state index contributed by atoms with van der Waals surface area (Å²) in [6, 6.07) is 10.8. The molecule has 1 atom stereocenters. The molecule has 0 aliphatic heterocycles. The van der Waals surface area contributed by atoms with E-state index in [2.05, 4.69) is 46.0 Å². The fourth-order valence-corrected chi connectivity index (χ4v) is 2.51. The van der Waals surface area contributed by atoms with Crippen LogP contribution in [0.3, 0.4) is 0 Å². The summed E-state index contributed by atoms with van der Waals surface area (Å²) in [5.74, 6) is 0.684. The Morgan fingerprint density at radius 3 is 2.71 bits per heavy atom. The van der Waals surface area contributed by atoms with Crippen molar-refractivity contribution >= 4 is 5.70 Å². The number of imidazole rings is 1. The van der Waals surface area contributed by atoms with E-state index in [4.69, 9.17) is 0 Å². The molecule has 0 saturated carbocycles. The molecule has 0 bridgehead atoms. The lowest BCUT2D eigenvalue weighted by atomic mass is 9.86. The van der Waals surface area contributed by atoms with Crippen LogP contribution in [0.15, 0.2) is 55.1 Å². The molecule has 0 fully saturated rings. The van der Waals surface area contributed by atoms with Gasteiger partial charge in [-0.1, -0.05) is 36.4 Å². The maximum Gasteiger partial charge on any atom is 0.0989 e. The monoisotopic (exact) mass is 224 g/mol. The maximum absolute atomic E-state index is 4.10. The van der Waals surface area contributed by atoms with Crippen molar-refractivity contribution in [3.05, 3.63) is 60.7 Å². The van der Waals surface area contributed by atoms with Gasteiger partial charge >= 0.3 is 0 Å². The summed E-state index contributed by atoms with van der Waals surface area (Å²) in [5, 5.41) is 0. The van der Waals surface area contributed by atoms with Crippen molar-refractivity contribution in [3.8, 4) is 0 Å². The third-order valence-electron chi connectivity index (χ3n) is 3.49. The molecule has 1 aliphatic carbocycles. The number of rotatable bonds is 2. The zero-order chi connectivity index (χ0) is 11.5. The topological polar surface area (TPSA) is 17.8 Å². The molecule has 1 heterocycles. The van der Waals surface area contributed by atoms with Gasteiger partial charge in [0, 0.05) is 18.1 Å². The van der Waals surface area contributed by atoms with Crippen LogP contribution in [0.2, 0.25) is 0 Å². The number of aromatic nitrogens is 2. The second-order valence-electron chi connectivity index (χ2n) is 4.55. The van der Waals surface area contributed by atoms with Gasteiger partial charge in [0.15, 0.2) is 0 Å². The summed E-state index contributed by atoms with van der Waals surface area (Å²) in [7, 11) is 0. The fraction of sp³-hybridized carbons (Fsp3) is 0.267. The van der Waals surface area contributed by atoms with Crippen LogP contribution in [0.1, 0.15) is 30.7 Å². The summed E-state index contributed by atoms with van der Waals surface area (Å²) in [5.41, 5.74) is 2.85. The van der Waals surface area contributed by atoms with E-state index in [1.807, 2.05) is 18.7 Å². The van der Waals surface area contributed by atoms with E-state index >= 15 is 0 Å². The van der Waals surface area contributed by atoms with Crippen LogP contribution in [0.5, 0.6) is 0 Å². The molecule has 2 heteroatoms. The Morgan fingerprint density at radius 1 is 1.18 bits per heavy atom. The first-order valence-electron chi connectivity index (χ1n) is 6.16. The van der Waals surface area contributed by atoms with E-state index in [0.717, 1.165) is 12.8 Å². The Labute approximate surface area is 102 Å². The summed E-state index contributed by atoms with van der Waals surface area (Å²) >= 11 is 0. The summed E-state index contributed by atoms with van der Waals surface area (Å²) < 4.78 is 2.13. The SMILES string of the molecule is C1=C(n2ccnc2)CCC(c2ccccc2)C1. The van der Waals surface area contributed by atoms with Gasteiger partial charge in [0.1, 0.15) is 0 Å². The normalized spacial score (nSPS) is 20.0. The zero-order valence-corrected chi connectivity index (χ0v) is 9.79. The predicted molar refractivity (Wildman–Crippen MR) is 69.5 cm³/mol. The van der Waals surface area contributed by atoms with E-state index in [1.54, 1.807) is 0 Å². The lowest BCUT2D eigenvalue weighted by Crippen LogP contribution is -2.06. The lowest BCUT2D eigenvalue weighted by Gasteiger charge is -2.22. The second-order valence-corrected chi connectivity index (χ2v) is 4.55. The third-order valence-corrected chi connectivity index (χ3v) is 3.49. The quantitative estimate of drug-likeness (QED) is 0.760. The molecule has 2 aromatic rings. The van der Waals surface area contributed by atoms with Crippen molar-refractivity contribution < 1.29 is 0 Å².